The molecule has 0 radical (unpaired) electrons. The zero-order valence-electron chi connectivity index (χ0n) is 10.5. The Morgan fingerprint density at radius 2 is 1.39 bits per heavy atom. The van der Waals surface area contributed by atoms with E-state index < -0.39 is 5.92 Å². The lowest BCUT2D eigenvalue weighted by molar-refractivity contribution is -0.115. The number of Topliss-reactive ketones (excluding diaryl/α,β-unsaturated/α-hetero) is 2. The van der Waals surface area contributed by atoms with Gasteiger partial charge in [-0.2, -0.15) is 0 Å². The third-order valence-electron chi connectivity index (χ3n) is 3.67. The molecule has 0 fully saturated rings. The zero-order valence-corrected chi connectivity index (χ0v) is 10.5. The van der Waals surface area contributed by atoms with Crippen LogP contribution < -0.4 is 0 Å². The highest BCUT2D eigenvalue weighted by Gasteiger charge is 2.37. The van der Waals surface area contributed by atoms with Crippen molar-refractivity contribution >= 4 is 11.6 Å². The van der Waals surface area contributed by atoms with E-state index >= 15 is 0 Å². The lowest BCUT2D eigenvalue weighted by Gasteiger charge is -2.18. The largest absolute Gasteiger partial charge is 0.512 e. The Kier molecular flexibility index (Phi) is 3.55. The fourth-order valence-electron chi connectivity index (χ4n) is 2.84. The molecule has 98 valence electrons. The summed E-state index contributed by atoms with van der Waals surface area (Å²) >= 11 is 0. The van der Waals surface area contributed by atoms with E-state index in [1.807, 2.05) is 6.92 Å². The van der Waals surface area contributed by atoms with E-state index in [0.29, 0.717) is 43.3 Å². The van der Waals surface area contributed by atoms with E-state index in [-0.39, 0.29) is 23.1 Å². The minimum Gasteiger partial charge on any atom is -0.512 e. The van der Waals surface area contributed by atoms with Gasteiger partial charge in [0.15, 0.2) is 11.6 Å². The first-order valence-electron chi connectivity index (χ1n) is 6.46. The lowest BCUT2D eigenvalue weighted by Crippen LogP contribution is -2.18. The molecule has 2 aliphatic carbocycles. The summed E-state index contributed by atoms with van der Waals surface area (Å²) in [5.74, 6) is -0.409. The number of carbonyl (C=O) groups excluding carboxylic acids is 2. The first-order valence-corrected chi connectivity index (χ1v) is 6.46. The Morgan fingerprint density at radius 1 is 0.944 bits per heavy atom. The average Bonchev–Trinajstić information content (AvgIpc) is 2.82. The summed E-state index contributed by atoms with van der Waals surface area (Å²) in [6.07, 6.45) is 2.73. The van der Waals surface area contributed by atoms with Gasteiger partial charge in [0.25, 0.3) is 0 Å². The highest BCUT2D eigenvalue weighted by Crippen LogP contribution is 2.39. The highest BCUT2D eigenvalue weighted by molar-refractivity contribution is 6.04. The maximum absolute atomic E-state index is 11.8. The van der Waals surface area contributed by atoms with E-state index in [4.69, 9.17) is 0 Å². The van der Waals surface area contributed by atoms with Gasteiger partial charge in [-0.3, -0.25) is 9.59 Å². The third kappa shape index (κ3) is 2.07. The van der Waals surface area contributed by atoms with E-state index in [1.54, 1.807) is 0 Å². The second kappa shape index (κ2) is 4.96. The Morgan fingerprint density at radius 3 is 1.67 bits per heavy atom. The molecule has 2 rings (SSSR count). The number of hydrogen-bond acceptors (Lipinski definition) is 4. The van der Waals surface area contributed by atoms with Gasteiger partial charge in [0, 0.05) is 42.7 Å². The summed E-state index contributed by atoms with van der Waals surface area (Å²) < 4.78 is 0. The van der Waals surface area contributed by atoms with Crippen LogP contribution in [0, 0.1) is 5.92 Å². The van der Waals surface area contributed by atoms with E-state index in [0.717, 1.165) is 6.42 Å². The van der Waals surface area contributed by atoms with Gasteiger partial charge in [-0.05, 0) is 6.42 Å². The molecular weight excluding hydrogens is 232 g/mol. The van der Waals surface area contributed by atoms with Gasteiger partial charge in [-0.1, -0.05) is 13.3 Å². The second-order valence-corrected chi connectivity index (χ2v) is 4.91. The molecule has 0 aromatic carbocycles. The maximum atomic E-state index is 11.8. The molecule has 4 heteroatoms. The van der Waals surface area contributed by atoms with Crippen LogP contribution in [-0.2, 0) is 9.59 Å². The number of allylic oxidation sites excluding steroid dienone is 4. The van der Waals surface area contributed by atoms with Crippen molar-refractivity contribution < 1.29 is 19.8 Å². The fraction of sp³-hybridized carbons (Fsp3) is 0.571. The van der Waals surface area contributed by atoms with Gasteiger partial charge in [0.1, 0.15) is 11.5 Å². The van der Waals surface area contributed by atoms with Crippen LogP contribution in [0.2, 0.25) is 0 Å². The predicted octanol–water partition coefficient (Wildman–Crippen LogP) is 2.75. The van der Waals surface area contributed by atoms with E-state index in [1.165, 1.54) is 0 Å². The molecule has 0 atom stereocenters. The van der Waals surface area contributed by atoms with Crippen LogP contribution in [-0.4, -0.2) is 21.8 Å². The summed E-state index contributed by atoms with van der Waals surface area (Å²) in [7, 11) is 0. The van der Waals surface area contributed by atoms with Crippen LogP contribution in [0.5, 0.6) is 0 Å². The quantitative estimate of drug-likeness (QED) is 0.804. The van der Waals surface area contributed by atoms with Crippen molar-refractivity contribution in [3.05, 3.63) is 22.7 Å². The van der Waals surface area contributed by atoms with E-state index in [2.05, 4.69) is 0 Å². The van der Waals surface area contributed by atoms with E-state index in [9.17, 15) is 19.8 Å². The fourth-order valence-corrected chi connectivity index (χ4v) is 2.84. The maximum Gasteiger partial charge on any atom is 0.163 e. The molecule has 0 heterocycles. The predicted molar refractivity (Wildman–Crippen MR) is 66.2 cm³/mol. The minimum atomic E-state index is -0.417. The normalized spacial score (nSPS) is 20.8. The van der Waals surface area contributed by atoms with Crippen LogP contribution in [0.4, 0.5) is 0 Å². The summed E-state index contributed by atoms with van der Waals surface area (Å²) in [5.41, 5.74) is 0.710. The Hall–Kier alpha value is -1.58. The van der Waals surface area contributed by atoms with Gasteiger partial charge in [-0.25, -0.2) is 0 Å². The van der Waals surface area contributed by atoms with Gasteiger partial charge in [0.05, 0.1) is 0 Å². The van der Waals surface area contributed by atoms with Crippen molar-refractivity contribution in [3.8, 4) is 0 Å². The molecule has 2 aliphatic rings. The molecule has 0 saturated carbocycles. The molecule has 0 aromatic heterocycles. The second-order valence-electron chi connectivity index (χ2n) is 4.91. The molecular formula is C14H18O4. The van der Waals surface area contributed by atoms with Crippen molar-refractivity contribution in [1.29, 1.82) is 0 Å². The Bertz CT molecular complexity index is 416. The molecule has 0 saturated heterocycles. The van der Waals surface area contributed by atoms with Crippen molar-refractivity contribution in [2.45, 2.75) is 45.4 Å². The third-order valence-corrected chi connectivity index (χ3v) is 3.67. The van der Waals surface area contributed by atoms with Crippen LogP contribution >= 0.6 is 0 Å². The first kappa shape index (κ1) is 12.9. The standard InChI is InChI=1S/C14H18O4/c1-2-3-8(13-9(15)4-5-10(13)16)14-11(17)6-7-12(14)18/h8,15,17H,2-7H2,1H3. The molecule has 0 aromatic rings. The zero-order chi connectivity index (χ0) is 13.3. The summed E-state index contributed by atoms with van der Waals surface area (Å²) in [6, 6.07) is 0. The smallest absolute Gasteiger partial charge is 0.163 e. The number of aliphatic hydroxyl groups is 2. The van der Waals surface area contributed by atoms with Crippen LogP contribution in [0.1, 0.15) is 45.4 Å². The SMILES string of the molecule is CCCC(C1=C(O)CCC1=O)C1=C(O)CCC1=O. The van der Waals surface area contributed by atoms with Gasteiger partial charge in [-0.15, -0.1) is 0 Å². The molecule has 2 N–H and O–H groups in total. The van der Waals surface area contributed by atoms with Gasteiger partial charge < -0.3 is 10.2 Å². The molecule has 0 aliphatic heterocycles. The number of aliphatic hydroxyl groups excluding tert-OH is 2. The summed E-state index contributed by atoms with van der Waals surface area (Å²) in [4.78, 5) is 23.7. The van der Waals surface area contributed by atoms with Gasteiger partial charge in [0.2, 0.25) is 0 Å². The van der Waals surface area contributed by atoms with Crippen LogP contribution in [0.25, 0.3) is 0 Å². The molecule has 18 heavy (non-hydrogen) atoms. The van der Waals surface area contributed by atoms with Crippen LogP contribution in [0.15, 0.2) is 22.7 Å². The molecule has 0 amide bonds. The lowest BCUT2D eigenvalue weighted by atomic mass is 9.84. The Labute approximate surface area is 106 Å². The topological polar surface area (TPSA) is 74.6 Å². The summed E-state index contributed by atoms with van der Waals surface area (Å²) in [6.45, 7) is 1.96. The van der Waals surface area contributed by atoms with Crippen molar-refractivity contribution in [1.82, 2.24) is 0 Å². The first-order chi connectivity index (χ1) is 8.56. The Balaban J connectivity index is 2.41. The monoisotopic (exact) mass is 250 g/mol. The number of hydrogen-bond donors (Lipinski definition) is 2. The highest BCUT2D eigenvalue weighted by atomic mass is 16.3. The molecule has 0 unspecified atom stereocenters. The van der Waals surface area contributed by atoms with Crippen molar-refractivity contribution in [3.63, 3.8) is 0 Å². The average molecular weight is 250 g/mol. The molecule has 0 bridgehead atoms. The molecule has 0 spiro atoms. The minimum absolute atomic E-state index is 0.0917. The van der Waals surface area contributed by atoms with Crippen molar-refractivity contribution in [2.75, 3.05) is 0 Å². The summed E-state index contributed by atoms with van der Waals surface area (Å²) in [5, 5.41) is 19.7. The van der Waals surface area contributed by atoms with Gasteiger partial charge >= 0.3 is 0 Å². The molecule has 4 nitrogen and oxygen atoms in total. The number of carbonyl (C=O) groups is 2. The number of rotatable bonds is 4. The van der Waals surface area contributed by atoms with Crippen LogP contribution in [0.3, 0.4) is 0 Å². The number of ketones is 2. The van der Waals surface area contributed by atoms with Crippen molar-refractivity contribution in [2.24, 2.45) is 5.92 Å².